The molecule has 0 aliphatic rings. The quantitative estimate of drug-likeness (QED) is 0.468. The highest BCUT2D eigenvalue weighted by Gasteiger charge is 2.12. The van der Waals surface area contributed by atoms with E-state index < -0.39 is 5.91 Å². The van der Waals surface area contributed by atoms with E-state index in [2.05, 4.69) is 20.3 Å². The highest BCUT2D eigenvalue weighted by Crippen LogP contribution is 2.33. The molecule has 2 aromatic carbocycles. The molecule has 2 aromatic heterocycles. The second-order valence-corrected chi connectivity index (χ2v) is 6.97. The smallest absolute Gasteiger partial charge is 0.255 e. The Kier molecular flexibility index (Phi) is 5.61. The van der Waals surface area contributed by atoms with Gasteiger partial charge in [0.05, 0.1) is 17.1 Å². The number of pyridine rings is 1. The highest BCUT2D eigenvalue weighted by molar-refractivity contribution is 5.96. The van der Waals surface area contributed by atoms with Gasteiger partial charge in [0.25, 0.3) is 5.91 Å². The van der Waals surface area contributed by atoms with Gasteiger partial charge in [-0.05, 0) is 61.9 Å². The maximum atomic E-state index is 11.1. The van der Waals surface area contributed by atoms with Crippen LogP contribution >= 0.6 is 0 Å². The van der Waals surface area contributed by atoms with E-state index in [1.165, 1.54) is 6.33 Å². The number of nitrogens with two attached hydrogens (primary N) is 1. The first-order chi connectivity index (χ1) is 15.0. The van der Waals surface area contributed by atoms with E-state index >= 15 is 0 Å². The Morgan fingerprint density at radius 2 is 1.90 bits per heavy atom. The molecule has 0 aliphatic heterocycles. The number of hydrogen-bond donors (Lipinski definition) is 2. The summed E-state index contributed by atoms with van der Waals surface area (Å²) in [6, 6.07) is 14.9. The SMILES string of the molecule is Cc1ccc(Oc2ccc(Nc3ncnc4cccc(OCC(N)=O)c34)cc2C)cn1. The van der Waals surface area contributed by atoms with Crippen molar-refractivity contribution in [3.05, 3.63) is 72.3 Å². The van der Waals surface area contributed by atoms with Crippen LogP contribution in [0.1, 0.15) is 11.3 Å². The van der Waals surface area contributed by atoms with Crippen LogP contribution in [0.2, 0.25) is 0 Å². The lowest BCUT2D eigenvalue weighted by atomic mass is 10.1. The minimum Gasteiger partial charge on any atom is -0.483 e. The van der Waals surface area contributed by atoms with Gasteiger partial charge < -0.3 is 20.5 Å². The highest BCUT2D eigenvalue weighted by atomic mass is 16.5. The third-order valence-electron chi connectivity index (χ3n) is 4.54. The van der Waals surface area contributed by atoms with Gasteiger partial charge in [0.15, 0.2) is 6.61 Å². The maximum absolute atomic E-state index is 11.1. The number of benzene rings is 2. The Labute approximate surface area is 179 Å². The minimum atomic E-state index is -0.557. The number of hydrogen-bond acceptors (Lipinski definition) is 7. The summed E-state index contributed by atoms with van der Waals surface area (Å²) in [5, 5.41) is 3.96. The van der Waals surface area contributed by atoms with Gasteiger partial charge in [0.2, 0.25) is 0 Å². The molecule has 0 spiro atoms. The van der Waals surface area contributed by atoms with Gasteiger partial charge in [0, 0.05) is 11.4 Å². The molecule has 0 bridgehead atoms. The van der Waals surface area contributed by atoms with E-state index in [0.29, 0.717) is 28.2 Å². The lowest BCUT2D eigenvalue weighted by Gasteiger charge is -2.14. The molecule has 0 radical (unpaired) electrons. The van der Waals surface area contributed by atoms with E-state index in [-0.39, 0.29) is 6.61 Å². The Hall–Kier alpha value is -4.20. The Morgan fingerprint density at radius 3 is 2.65 bits per heavy atom. The lowest BCUT2D eigenvalue weighted by molar-refractivity contribution is -0.119. The van der Waals surface area contributed by atoms with E-state index in [1.54, 1.807) is 18.3 Å². The summed E-state index contributed by atoms with van der Waals surface area (Å²) in [4.78, 5) is 24.0. The number of fused-ring (bicyclic) bond motifs is 1. The third kappa shape index (κ3) is 4.69. The van der Waals surface area contributed by atoms with Crippen molar-refractivity contribution in [1.82, 2.24) is 15.0 Å². The standard InChI is InChI=1S/C23H21N5O3/c1-14-10-16(7-9-19(14)31-17-8-6-15(2)25-11-17)28-23-22-18(26-13-27-23)4-3-5-20(22)30-12-21(24)29/h3-11,13H,12H2,1-2H3,(H2,24,29)(H,26,27,28). The molecule has 156 valence electrons. The normalized spacial score (nSPS) is 10.6. The van der Waals surface area contributed by atoms with Crippen molar-refractivity contribution in [1.29, 1.82) is 0 Å². The summed E-state index contributed by atoms with van der Waals surface area (Å²) in [5.41, 5.74) is 8.58. The fourth-order valence-corrected chi connectivity index (χ4v) is 3.06. The van der Waals surface area contributed by atoms with Crippen LogP contribution in [0.25, 0.3) is 10.9 Å². The van der Waals surface area contributed by atoms with Crippen molar-refractivity contribution >= 4 is 28.3 Å². The molecule has 8 nitrogen and oxygen atoms in total. The number of aromatic nitrogens is 3. The number of anilines is 2. The van der Waals surface area contributed by atoms with Gasteiger partial charge in [-0.3, -0.25) is 9.78 Å². The molecule has 0 atom stereocenters. The molecule has 3 N–H and O–H groups in total. The number of ether oxygens (including phenoxy) is 2. The number of rotatable bonds is 7. The number of nitrogens with zero attached hydrogens (tertiary/aromatic N) is 3. The maximum Gasteiger partial charge on any atom is 0.255 e. The summed E-state index contributed by atoms with van der Waals surface area (Å²) in [7, 11) is 0. The number of carbonyl (C=O) groups is 1. The molecule has 0 aliphatic carbocycles. The van der Waals surface area contributed by atoms with Crippen LogP contribution in [-0.4, -0.2) is 27.5 Å². The second-order valence-electron chi connectivity index (χ2n) is 6.97. The lowest BCUT2D eigenvalue weighted by Crippen LogP contribution is -2.20. The van der Waals surface area contributed by atoms with E-state index in [0.717, 1.165) is 22.7 Å². The van der Waals surface area contributed by atoms with Gasteiger partial charge in [0.1, 0.15) is 29.4 Å². The first kappa shape index (κ1) is 20.1. The molecule has 0 fully saturated rings. The van der Waals surface area contributed by atoms with Crippen LogP contribution in [0.5, 0.6) is 17.2 Å². The monoisotopic (exact) mass is 415 g/mol. The first-order valence-corrected chi connectivity index (χ1v) is 9.62. The summed E-state index contributed by atoms with van der Waals surface area (Å²) in [6.07, 6.45) is 3.17. The topological polar surface area (TPSA) is 112 Å². The van der Waals surface area contributed by atoms with E-state index in [1.807, 2.05) is 50.2 Å². The Morgan fingerprint density at radius 1 is 1.03 bits per heavy atom. The zero-order valence-corrected chi connectivity index (χ0v) is 17.1. The molecule has 4 rings (SSSR count). The summed E-state index contributed by atoms with van der Waals surface area (Å²) in [5.74, 6) is 1.88. The van der Waals surface area contributed by atoms with Crippen LogP contribution in [0, 0.1) is 13.8 Å². The van der Waals surface area contributed by atoms with E-state index in [4.69, 9.17) is 15.2 Å². The van der Waals surface area contributed by atoms with Gasteiger partial charge in [-0.2, -0.15) is 0 Å². The van der Waals surface area contributed by atoms with Crippen LogP contribution < -0.4 is 20.5 Å². The van der Waals surface area contributed by atoms with Gasteiger partial charge >= 0.3 is 0 Å². The third-order valence-corrected chi connectivity index (χ3v) is 4.54. The molecule has 4 aromatic rings. The number of primary amides is 1. The molecule has 31 heavy (non-hydrogen) atoms. The first-order valence-electron chi connectivity index (χ1n) is 9.62. The van der Waals surface area contributed by atoms with E-state index in [9.17, 15) is 4.79 Å². The number of amides is 1. The molecular formula is C23H21N5O3. The van der Waals surface area contributed by atoms with Gasteiger partial charge in [-0.15, -0.1) is 0 Å². The van der Waals surface area contributed by atoms with Crippen LogP contribution in [0.3, 0.4) is 0 Å². The minimum absolute atomic E-state index is 0.230. The fourth-order valence-electron chi connectivity index (χ4n) is 3.06. The average Bonchev–Trinajstić information content (AvgIpc) is 2.75. The summed E-state index contributed by atoms with van der Waals surface area (Å²) >= 11 is 0. The van der Waals surface area contributed by atoms with Crippen molar-refractivity contribution < 1.29 is 14.3 Å². The van der Waals surface area contributed by atoms with Crippen LogP contribution in [0.4, 0.5) is 11.5 Å². The molecule has 8 heteroatoms. The van der Waals surface area contributed by atoms with Gasteiger partial charge in [-0.25, -0.2) is 9.97 Å². The Bertz CT molecular complexity index is 1240. The van der Waals surface area contributed by atoms with Crippen LogP contribution in [0.15, 0.2) is 61.1 Å². The zero-order chi connectivity index (χ0) is 21.8. The molecule has 0 unspecified atom stereocenters. The Balaban J connectivity index is 1.61. The number of aryl methyl sites for hydroxylation is 2. The van der Waals surface area contributed by atoms with Crippen molar-refractivity contribution in [2.24, 2.45) is 5.73 Å². The molecule has 0 saturated heterocycles. The second kappa shape index (κ2) is 8.66. The zero-order valence-electron chi connectivity index (χ0n) is 17.1. The fraction of sp³-hybridized carbons (Fsp3) is 0.130. The average molecular weight is 415 g/mol. The molecular weight excluding hydrogens is 394 g/mol. The van der Waals surface area contributed by atoms with Crippen molar-refractivity contribution in [3.63, 3.8) is 0 Å². The summed E-state index contributed by atoms with van der Waals surface area (Å²) in [6.45, 7) is 3.66. The molecule has 2 heterocycles. The number of nitrogens with one attached hydrogen (secondary N) is 1. The number of carbonyl (C=O) groups excluding carboxylic acids is 1. The van der Waals surface area contributed by atoms with Gasteiger partial charge in [-0.1, -0.05) is 6.07 Å². The summed E-state index contributed by atoms with van der Waals surface area (Å²) < 4.78 is 11.5. The van der Waals surface area contributed by atoms with Crippen molar-refractivity contribution in [3.8, 4) is 17.2 Å². The molecule has 0 saturated carbocycles. The van der Waals surface area contributed by atoms with Crippen molar-refractivity contribution in [2.45, 2.75) is 13.8 Å². The molecule has 1 amide bonds. The van der Waals surface area contributed by atoms with Crippen molar-refractivity contribution in [2.75, 3.05) is 11.9 Å². The largest absolute Gasteiger partial charge is 0.483 e. The van der Waals surface area contributed by atoms with Crippen LogP contribution in [-0.2, 0) is 4.79 Å². The predicted octanol–water partition coefficient (Wildman–Crippen LogP) is 4.04. The predicted molar refractivity (Wildman–Crippen MR) is 118 cm³/mol.